The summed E-state index contributed by atoms with van der Waals surface area (Å²) in [5.74, 6) is 0. The Morgan fingerprint density at radius 1 is 1.31 bits per heavy atom. The highest BCUT2D eigenvalue weighted by Gasteiger charge is 2.06. The maximum atomic E-state index is 5.76. The van der Waals surface area contributed by atoms with Crippen LogP contribution in [0.25, 0.3) is 10.9 Å². The Bertz CT molecular complexity index is 476. The first-order valence-electron chi connectivity index (χ1n) is 5.50. The van der Waals surface area contributed by atoms with Crippen LogP contribution in [0.3, 0.4) is 0 Å². The number of likely N-dealkylation sites (N-methyl/N-ethyl adjacent to an activating group) is 1. The summed E-state index contributed by atoms with van der Waals surface area (Å²) in [6.45, 7) is 0.998. The van der Waals surface area contributed by atoms with Crippen LogP contribution in [-0.4, -0.2) is 29.1 Å². The van der Waals surface area contributed by atoms with E-state index in [9.17, 15) is 0 Å². The summed E-state index contributed by atoms with van der Waals surface area (Å²) in [6.07, 6.45) is 3.26. The molecule has 1 aromatic heterocycles. The van der Waals surface area contributed by atoms with Gasteiger partial charge in [0, 0.05) is 30.7 Å². The van der Waals surface area contributed by atoms with E-state index in [1.807, 2.05) is 7.05 Å². The monoisotopic (exact) mass is 236 g/mol. The molecule has 3 heteroatoms. The minimum Gasteiger partial charge on any atom is -0.350 e. The van der Waals surface area contributed by atoms with Gasteiger partial charge in [-0.15, -0.1) is 11.6 Å². The first kappa shape index (κ1) is 11.5. The number of rotatable bonds is 4. The van der Waals surface area contributed by atoms with Crippen molar-refractivity contribution >= 4 is 22.5 Å². The van der Waals surface area contributed by atoms with Crippen molar-refractivity contribution in [2.75, 3.05) is 19.6 Å². The van der Waals surface area contributed by atoms with E-state index in [4.69, 9.17) is 11.6 Å². The molecule has 0 N–H and O–H groups in total. The van der Waals surface area contributed by atoms with Crippen LogP contribution in [0.5, 0.6) is 0 Å². The summed E-state index contributed by atoms with van der Waals surface area (Å²) in [5.41, 5.74) is 2.70. The summed E-state index contributed by atoms with van der Waals surface area (Å²) in [5, 5.41) is 1.35. The Labute approximate surface area is 101 Å². The number of fused-ring (bicyclic) bond motifs is 1. The molecule has 1 heterocycles. The average molecular weight is 237 g/mol. The molecule has 86 valence electrons. The fourth-order valence-corrected chi connectivity index (χ4v) is 2.12. The van der Waals surface area contributed by atoms with Gasteiger partial charge >= 0.3 is 0 Å². The van der Waals surface area contributed by atoms with Crippen molar-refractivity contribution in [2.45, 2.75) is 6.42 Å². The molecule has 0 spiro atoms. The zero-order valence-electron chi connectivity index (χ0n) is 9.78. The minimum absolute atomic E-state index is 0.588. The van der Waals surface area contributed by atoms with Crippen molar-refractivity contribution in [2.24, 2.45) is 7.05 Å². The number of alkyl halides is 1. The molecule has 0 aliphatic carbocycles. The lowest BCUT2D eigenvalue weighted by Crippen LogP contribution is -2.19. The predicted molar refractivity (Wildman–Crippen MR) is 70.0 cm³/mol. The zero-order chi connectivity index (χ0) is 11.5. The van der Waals surface area contributed by atoms with Crippen LogP contribution < -0.4 is 0 Å². The quantitative estimate of drug-likeness (QED) is 0.586. The van der Waals surface area contributed by atoms with Gasteiger partial charge in [0.25, 0.3) is 0 Å². The second-order valence-corrected chi connectivity index (χ2v) is 4.47. The van der Waals surface area contributed by atoms with Crippen molar-refractivity contribution in [3.63, 3.8) is 0 Å². The van der Waals surface area contributed by atoms with Gasteiger partial charge in [-0.05, 0) is 25.1 Å². The van der Waals surface area contributed by atoms with E-state index in [1.165, 1.54) is 16.5 Å². The van der Waals surface area contributed by atoms with Crippen molar-refractivity contribution in [3.05, 3.63) is 36.0 Å². The second kappa shape index (κ2) is 4.89. The zero-order valence-corrected chi connectivity index (χ0v) is 10.5. The van der Waals surface area contributed by atoms with Gasteiger partial charge in [-0.1, -0.05) is 18.2 Å². The number of aryl methyl sites for hydroxylation is 1. The van der Waals surface area contributed by atoms with Crippen LogP contribution in [0.1, 0.15) is 5.56 Å². The summed E-state index contributed by atoms with van der Waals surface area (Å²) in [6, 6.07) is 9.11. The van der Waals surface area contributed by atoms with Crippen LogP contribution in [0.2, 0.25) is 0 Å². The molecule has 0 bridgehead atoms. The van der Waals surface area contributed by atoms with E-state index >= 15 is 0 Å². The van der Waals surface area contributed by atoms with Gasteiger partial charge in [-0.3, -0.25) is 4.90 Å². The van der Waals surface area contributed by atoms with E-state index in [1.54, 1.807) is 0 Å². The predicted octanol–water partition coefficient (Wildman–Crippen LogP) is 2.85. The maximum absolute atomic E-state index is 5.76. The van der Waals surface area contributed by atoms with Crippen LogP contribution in [0, 0.1) is 0 Å². The number of nitrogens with zero attached hydrogens (tertiary/aromatic N) is 2. The van der Waals surface area contributed by atoms with Crippen LogP contribution >= 0.6 is 11.6 Å². The highest BCUT2D eigenvalue weighted by Crippen LogP contribution is 2.20. The largest absolute Gasteiger partial charge is 0.350 e. The second-order valence-electron chi connectivity index (χ2n) is 4.23. The van der Waals surface area contributed by atoms with E-state index in [0.29, 0.717) is 6.00 Å². The van der Waals surface area contributed by atoms with E-state index < -0.39 is 0 Å². The molecule has 2 aromatic rings. The highest BCUT2D eigenvalue weighted by molar-refractivity contribution is 6.17. The molecule has 0 atom stereocenters. The van der Waals surface area contributed by atoms with Crippen molar-refractivity contribution in [1.29, 1.82) is 0 Å². The van der Waals surface area contributed by atoms with Gasteiger partial charge < -0.3 is 4.57 Å². The topological polar surface area (TPSA) is 8.17 Å². The first-order chi connectivity index (χ1) is 7.72. The number of hydrogen-bond donors (Lipinski definition) is 0. The van der Waals surface area contributed by atoms with Gasteiger partial charge in [0.05, 0.1) is 6.00 Å². The van der Waals surface area contributed by atoms with Crippen LogP contribution in [-0.2, 0) is 13.5 Å². The molecular formula is C13H17ClN2. The Morgan fingerprint density at radius 2 is 2.06 bits per heavy atom. The van der Waals surface area contributed by atoms with E-state index in [2.05, 4.69) is 47.0 Å². The molecule has 0 saturated heterocycles. The fraction of sp³-hybridized carbons (Fsp3) is 0.385. The third kappa shape index (κ3) is 2.23. The summed E-state index contributed by atoms with van der Waals surface area (Å²) in [4.78, 5) is 2.11. The Hall–Kier alpha value is -0.990. The number of para-hydroxylation sites is 1. The van der Waals surface area contributed by atoms with Gasteiger partial charge in [0.15, 0.2) is 0 Å². The molecule has 2 rings (SSSR count). The van der Waals surface area contributed by atoms with E-state index in [-0.39, 0.29) is 0 Å². The molecular weight excluding hydrogens is 220 g/mol. The smallest absolute Gasteiger partial charge is 0.0736 e. The fourth-order valence-electron chi connectivity index (χ4n) is 2.00. The molecule has 1 aromatic carbocycles. The molecule has 0 unspecified atom stereocenters. The molecule has 16 heavy (non-hydrogen) atoms. The van der Waals surface area contributed by atoms with Gasteiger partial charge in [0.1, 0.15) is 0 Å². The van der Waals surface area contributed by atoms with Gasteiger partial charge in [-0.25, -0.2) is 0 Å². The third-order valence-electron chi connectivity index (χ3n) is 2.95. The Morgan fingerprint density at radius 3 is 2.81 bits per heavy atom. The lowest BCUT2D eigenvalue weighted by atomic mass is 10.1. The normalized spacial score (nSPS) is 11.5. The number of aromatic nitrogens is 1. The minimum atomic E-state index is 0.588. The highest BCUT2D eigenvalue weighted by atomic mass is 35.5. The number of benzene rings is 1. The summed E-state index contributed by atoms with van der Waals surface area (Å²) >= 11 is 5.76. The van der Waals surface area contributed by atoms with Crippen LogP contribution in [0.15, 0.2) is 30.5 Å². The SMILES string of the molecule is CN(CCl)CCc1cn(C)c2ccccc12. The van der Waals surface area contributed by atoms with Crippen molar-refractivity contribution < 1.29 is 0 Å². The number of hydrogen-bond acceptors (Lipinski definition) is 1. The van der Waals surface area contributed by atoms with Crippen molar-refractivity contribution in [3.8, 4) is 0 Å². The van der Waals surface area contributed by atoms with Crippen LogP contribution in [0.4, 0.5) is 0 Å². The van der Waals surface area contributed by atoms with Crippen molar-refractivity contribution in [1.82, 2.24) is 9.47 Å². The third-order valence-corrected chi connectivity index (χ3v) is 3.35. The molecule has 0 fully saturated rings. The number of halogens is 1. The average Bonchev–Trinajstić information content (AvgIpc) is 2.64. The molecule has 0 radical (unpaired) electrons. The molecule has 0 saturated carbocycles. The van der Waals surface area contributed by atoms with Gasteiger partial charge in [-0.2, -0.15) is 0 Å². The Kier molecular flexibility index (Phi) is 3.52. The summed E-state index contributed by atoms with van der Waals surface area (Å²) in [7, 11) is 4.13. The Balaban J connectivity index is 2.24. The lowest BCUT2D eigenvalue weighted by molar-refractivity contribution is 0.394. The van der Waals surface area contributed by atoms with Gasteiger partial charge in [0.2, 0.25) is 0 Å². The lowest BCUT2D eigenvalue weighted by Gasteiger charge is -2.11. The molecule has 0 aliphatic rings. The molecule has 2 nitrogen and oxygen atoms in total. The molecule has 0 amide bonds. The standard InChI is InChI=1S/C13H17ClN2/c1-15(10-14)8-7-11-9-16(2)13-6-4-3-5-12(11)13/h3-6,9H,7-8,10H2,1-2H3. The summed E-state index contributed by atoms with van der Waals surface area (Å²) < 4.78 is 2.19. The first-order valence-corrected chi connectivity index (χ1v) is 6.03. The molecule has 0 aliphatic heterocycles. The van der Waals surface area contributed by atoms with E-state index in [0.717, 1.165) is 13.0 Å². The maximum Gasteiger partial charge on any atom is 0.0736 e.